The molecular weight excluding hydrogens is 396 g/mol. The number of benzene rings is 2. The summed E-state index contributed by atoms with van der Waals surface area (Å²) in [7, 11) is 1.89. The molecule has 0 fully saturated rings. The molecule has 0 saturated heterocycles. The van der Waals surface area contributed by atoms with Crippen molar-refractivity contribution in [3.8, 4) is 0 Å². The molecule has 106 valence electrons. The van der Waals surface area contributed by atoms with Gasteiger partial charge < -0.3 is 0 Å². The first-order valence-corrected chi connectivity index (χ1v) is 8.04. The van der Waals surface area contributed by atoms with Gasteiger partial charge in [0.1, 0.15) is 0 Å². The van der Waals surface area contributed by atoms with Gasteiger partial charge in [-0.2, -0.15) is 5.10 Å². The zero-order valence-electron chi connectivity index (χ0n) is 11.3. The predicted octanol–water partition coefficient (Wildman–Crippen LogP) is 4.52. The molecule has 0 spiro atoms. The first-order chi connectivity index (χ1) is 10.1. The Morgan fingerprint density at radius 1 is 1.19 bits per heavy atom. The van der Waals surface area contributed by atoms with E-state index in [1.165, 1.54) is 0 Å². The first kappa shape index (κ1) is 14.5. The molecule has 21 heavy (non-hydrogen) atoms. The normalized spacial score (nSPS) is 11.0. The van der Waals surface area contributed by atoms with E-state index in [0.29, 0.717) is 5.56 Å². The Bertz CT molecular complexity index is 839. The van der Waals surface area contributed by atoms with Crippen molar-refractivity contribution in [2.45, 2.75) is 6.42 Å². The van der Waals surface area contributed by atoms with Gasteiger partial charge in [0.25, 0.3) is 0 Å². The summed E-state index contributed by atoms with van der Waals surface area (Å²) in [5.41, 5.74) is 2.51. The van der Waals surface area contributed by atoms with E-state index in [9.17, 15) is 4.79 Å². The Kier molecular flexibility index (Phi) is 3.95. The van der Waals surface area contributed by atoms with Crippen LogP contribution in [0.1, 0.15) is 16.1 Å². The van der Waals surface area contributed by atoms with Gasteiger partial charge >= 0.3 is 0 Å². The minimum absolute atomic E-state index is 0.0482. The highest BCUT2D eigenvalue weighted by atomic mass is 79.9. The number of rotatable bonds is 3. The number of nitrogens with zero attached hydrogens (tertiary/aromatic N) is 2. The highest BCUT2D eigenvalue weighted by molar-refractivity contribution is 9.11. The van der Waals surface area contributed by atoms with Crippen LogP contribution in [0.15, 0.2) is 51.4 Å². The van der Waals surface area contributed by atoms with Crippen molar-refractivity contribution in [2.24, 2.45) is 7.05 Å². The SMILES string of the molecule is Cn1nc(CC(=O)c2cc(Br)ccc2Br)c2ccccc21. The van der Waals surface area contributed by atoms with E-state index in [1.54, 1.807) is 0 Å². The van der Waals surface area contributed by atoms with Gasteiger partial charge in [-0.25, -0.2) is 0 Å². The summed E-state index contributed by atoms with van der Waals surface area (Å²) in [4.78, 5) is 12.5. The molecule has 0 unspecified atom stereocenters. The molecule has 3 nitrogen and oxygen atoms in total. The zero-order chi connectivity index (χ0) is 15.0. The van der Waals surface area contributed by atoms with Gasteiger partial charge in [0, 0.05) is 26.9 Å². The molecule has 0 aliphatic rings. The Morgan fingerprint density at radius 2 is 1.95 bits per heavy atom. The van der Waals surface area contributed by atoms with Crippen LogP contribution in [0.4, 0.5) is 0 Å². The summed E-state index contributed by atoms with van der Waals surface area (Å²) in [6, 6.07) is 13.5. The second kappa shape index (κ2) is 5.73. The Hall–Kier alpha value is -1.46. The molecule has 1 aromatic heterocycles. The van der Waals surface area contributed by atoms with E-state index < -0.39 is 0 Å². The molecule has 0 aliphatic heterocycles. The monoisotopic (exact) mass is 406 g/mol. The van der Waals surface area contributed by atoms with Crippen LogP contribution in [0.5, 0.6) is 0 Å². The van der Waals surface area contributed by atoms with Crippen LogP contribution in [-0.4, -0.2) is 15.6 Å². The summed E-state index contributed by atoms with van der Waals surface area (Å²) in [6.07, 6.45) is 0.288. The van der Waals surface area contributed by atoms with E-state index in [0.717, 1.165) is 25.5 Å². The number of Topliss-reactive ketones (excluding diaryl/α,β-unsaturated/α-hetero) is 1. The number of aryl methyl sites for hydroxylation is 1. The number of hydrogen-bond donors (Lipinski definition) is 0. The van der Waals surface area contributed by atoms with E-state index in [4.69, 9.17) is 0 Å². The van der Waals surface area contributed by atoms with Crippen LogP contribution < -0.4 is 0 Å². The maximum Gasteiger partial charge on any atom is 0.170 e. The maximum atomic E-state index is 12.5. The summed E-state index contributed by atoms with van der Waals surface area (Å²) in [5, 5.41) is 5.50. The van der Waals surface area contributed by atoms with E-state index >= 15 is 0 Å². The quantitative estimate of drug-likeness (QED) is 0.598. The third kappa shape index (κ3) is 2.80. The molecule has 3 rings (SSSR count). The number of halogens is 2. The van der Waals surface area contributed by atoms with Gasteiger partial charge in [-0.15, -0.1) is 0 Å². The molecule has 5 heteroatoms. The van der Waals surface area contributed by atoms with Crippen molar-refractivity contribution in [3.63, 3.8) is 0 Å². The fourth-order valence-electron chi connectivity index (χ4n) is 2.38. The number of ketones is 1. The van der Waals surface area contributed by atoms with Gasteiger partial charge in [-0.3, -0.25) is 9.48 Å². The van der Waals surface area contributed by atoms with Crippen LogP contribution in [0.3, 0.4) is 0 Å². The molecule has 0 atom stereocenters. The minimum Gasteiger partial charge on any atom is -0.294 e. The Balaban J connectivity index is 1.99. The molecule has 1 heterocycles. The molecular formula is C16H12Br2N2O. The summed E-state index contributed by atoms with van der Waals surface area (Å²) in [6.45, 7) is 0. The molecule has 0 saturated carbocycles. The first-order valence-electron chi connectivity index (χ1n) is 6.45. The van der Waals surface area contributed by atoms with Gasteiger partial charge in [0.2, 0.25) is 0 Å². The van der Waals surface area contributed by atoms with Crippen molar-refractivity contribution in [2.75, 3.05) is 0 Å². The zero-order valence-corrected chi connectivity index (χ0v) is 14.5. The van der Waals surface area contributed by atoms with E-state index in [2.05, 4.69) is 37.0 Å². The number of carbonyl (C=O) groups is 1. The van der Waals surface area contributed by atoms with Crippen molar-refractivity contribution >= 4 is 48.5 Å². The summed E-state index contributed by atoms with van der Waals surface area (Å²) < 4.78 is 3.50. The topological polar surface area (TPSA) is 34.9 Å². The lowest BCUT2D eigenvalue weighted by Crippen LogP contribution is -2.06. The molecule has 0 aliphatic carbocycles. The Morgan fingerprint density at radius 3 is 2.76 bits per heavy atom. The highest BCUT2D eigenvalue weighted by Gasteiger charge is 2.16. The second-order valence-electron chi connectivity index (χ2n) is 4.81. The van der Waals surface area contributed by atoms with E-state index in [1.807, 2.05) is 54.2 Å². The molecule has 0 bridgehead atoms. The third-order valence-electron chi connectivity index (χ3n) is 3.39. The molecule has 3 aromatic rings. The van der Waals surface area contributed by atoms with Crippen molar-refractivity contribution < 1.29 is 4.79 Å². The highest BCUT2D eigenvalue weighted by Crippen LogP contribution is 2.24. The third-order valence-corrected chi connectivity index (χ3v) is 4.58. The second-order valence-corrected chi connectivity index (χ2v) is 6.58. The lowest BCUT2D eigenvalue weighted by molar-refractivity contribution is 0.0991. The van der Waals surface area contributed by atoms with Crippen LogP contribution in [0.25, 0.3) is 10.9 Å². The van der Waals surface area contributed by atoms with Crippen LogP contribution in [0, 0.1) is 0 Å². The lowest BCUT2D eigenvalue weighted by Gasteiger charge is -2.03. The summed E-state index contributed by atoms with van der Waals surface area (Å²) >= 11 is 6.83. The van der Waals surface area contributed by atoms with Crippen molar-refractivity contribution in [1.29, 1.82) is 0 Å². The van der Waals surface area contributed by atoms with Crippen LogP contribution in [-0.2, 0) is 13.5 Å². The van der Waals surface area contributed by atoms with Crippen molar-refractivity contribution in [1.82, 2.24) is 9.78 Å². The van der Waals surface area contributed by atoms with E-state index in [-0.39, 0.29) is 12.2 Å². The average Bonchev–Trinajstić information content (AvgIpc) is 2.78. The lowest BCUT2D eigenvalue weighted by atomic mass is 10.0. The fourth-order valence-corrected chi connectivity index (χ4v) is 3.21. The smallest absolute Gasteiger partial charge is 0.170 e. The van der Waals surface area contributed by atoms with Gasteiger partial charge in [0.15, 0.2) is 5.78 Å². The average molecular weight is 408 g/mol. The number of fused-ring (bicyclic) bond motifs is 1. The fraction of sp³-hybridized carbons (Fsp3) is 0.125. The van der Waals surface area contributed by atoms with Crippen LogP contribution >= 0.6 is 31.9 Å². The van der Waals surface area contributed by atoms with Gasteiger partial charge in [-0.1, -0.05) is 50.1 Å². The molecule has 0 N–H and O–H groups in total. The molecule has 0 amide bonds. The summed E-state index contributed by atoms with van der Waals surface area (Å²) in [5.74, 6) is 0.0482. The number of carbonyl (C=O) groups excluding carboxylic acids is 1. The Labute approximate surface area is 139 Å². The number of hydrogen-bond acceptors (Lipinski definition) is 2. The van der Waals surface area contributed by atoms with Crippen molar-refractivity contribution in [3.05, 3.63) is 62.7 Å². The van der Waals surface area contributed by atoms with Crippen LogP contribution in [0.2, 0.25) is 0 Å². The van der Waals surface area contributed by atoms with Gasteiger partial charge in [-0.05, 0) is 24.3 Å². The number of para-hydroxylation sites is 1. The largest absolute Gasteiger partial charge is 0.294 e. The predicted molar refractivity (Wildman–Crippen MR) is 90.6 cm³/mol. The molecule has 0 radical (unpaired) electrons. The van der Waals surface area contributed by atoms with Gasteiger partial charge in [0.05, 0.1) is 17.6 Å². The minimum atomic E-state index is 0.0482. The standard InChI is InChI=1S/C16H12Br2N2O/c1-20-15-5-3-2-4-11(15)14(19-20)9-16(21)12-8-10(17)6-7-13(12)18/h2-8H,9H2,1H3. The molecule has 2 aromatic carbocycles. The maximum absolute atomic E-state index is 12.5. The number of aromatic nitrogens is 2.